The zero-order valence-corrected chi connectivity index (χ0v) is 19.8. The molecule has 1 heteroatoms. The van der Waals surface area contributed by atoms with Crippen LogP contribution in [0.1, 0.15) is 86.5 Å². The molecule has 0 radical (unpaired) electrons. The number of benzene rings is 3. The van der Waals surface area contributed by atoms with Gasteiger partial charge in [0.05, 0.1) is 0 Å². The van der Waals surface area contributed by atoms with Crippen LogP contribution in [0.3, 0.4) is 0 Å². The molecule has 0 N–H and O–H groups in total. The average molecular weight is 433 g/mol. The van der Waals surface area contributed by atoms with Gasteiger partial charge in [0.1, 0.15) is 0 Å². The summed E-state index contributed by atoms with van der Waals surface area (Å²) in [4.78, 5) is 0. The quantitative estimate of drug-likeness (QED) is 0.236. The van der Waals surface area contributed by atoms with Crippen LogP contribution >= 0.6 is 11.6 Å². The molecule has 3 aromatic carbocycles. The third kappa shape index (κ3) is 7.86. The minimum absolute atomic E-state index is 0.501. The van der Waals surface area contributed by atoms with E-state index in [-0.39, 0.29) is 0 Å². The second-order valence-electron chi connectivity index (χ2n) is 8.71. The van der Waals surface area contributed by atoms with Crippen molar-refractivity contribution in [2.75, 3.05) is 0 Å². The summed E-state index contributed by atoms with van der Waals surface area (Å²) in [6, 6.07) is 28.7. The van der Waals surface area contributed by atoms with Gasteiger partial charge >= 0.3 is 0 Å². The molecule has 3 aromatic rings. The number of aryl methyl sites for hydroxylation is 2. The van der Waals surface area contributed by atoms with E-state index in [1.807, 2.05) is 0 Å². The van der Waals surface area contributed by atoms with Gasteiger partial charge in [-0.2, -0.15) is 0 Å². The molecule has 164 valence electrons. The zero-order chi connectivity index (χ0) is 21.7. The molecule has 0 spiro atoms. The first-order valence-corrected chi connectivity index (χ1v) is 12.5. The summed E-state index contributed by atoms with van der Waals surface area (Å²) in [6.07, 6.45) is 12.3. The Bertz CT molecular complexity index is 830. The van der Waals surface area contributed by atoms with Crippen molar-refractivity contribution in [3.8, 4) is 0 Å². The smallest absolute Gasteiger partial charge is 0.0440 e. The van der Waals surface area contributed by atoms with E-state index < -0.39 is 0 Å². The lowest BCUT2D eigenvalue weighted by Crippen LogP contribution is -2.01. The van der Waals surface area contributed by atoms with Crippen molar-refractivity contribution in [2.45, 2.75) is 77.0 Å². The Labute approximate surface area is 194 Å². The Morgan fingerprint density at radius 3 is 1.87 bits per heavy atom. The van der Waals surface area contributed by atoms with Gasteiger partial charge in [0.2, 0.25) is 0 Å². The summed E-state index contributed by atoms with van der Waals surface area (Å²) in [5.74, 6) is 0.501. The maximum Gasteiger partial charge on any atom is 0.0440 e. The normalized spacial score (nSPS) is 11.2. The maximum absolute atomic E-state index is 6.52. The lowest BCUT2D eigenvalue weighted by Gasteiger charge is -2.18. The van der Waals surface area contributed by atoms with E-state index in [0.29, 0.717) is 5.92 Å². The van der Waals surface area contributed by atoms with Gasteiger partial charge in [-0.25, -0.2) is 0 Å². The molecule has 3 rings (SSSR count). The molecule has 0 nitrogen and oxygen atoms in total. The van der Waals surface area contributed by atoms with Crippen molar-refractivity contribution >= 4 is 11.6 Å². The van der Waals surface area contributed by atoms with E-state index in [2.05, 4.69) is 85.8 Å². The molecule has 0 bridgehead atoms. The second kappa shape index (κ2) is 13.4. The Hall–Kier alpha value is -2.05. The Morgan fingerprint density at radius 2 is 1.26 bits per heavy atom. The monoisotopic (exact) mass is 432 g/mol. The highest BCUT2D eigenvalue weighted by Gasteiger charge is 2.13. The standard InChI is InChI=1S/C30H37Cl/c1-2-3-8-20-28-23-22-25(24-30(28)31)15-9-4-5-14-21-29(26-16-10-6-11-17-26)27-18-12-7-13-19-27/h6-7,10-13,16-19,22-24,29H,2-5,8-9,14-15,20-21H2,1H3. The topological polar surface area (TPSA) is 0 Å². The first-order chi connectivity index (χ1) is 15.3. The predicted molar refractivity (Wildman–Crippen MR) is 136 cm³/mol. The van der Waals surface area contributed by atoms with Crippen molar-refractivity contribution in [2.24, 2.45) is 0 Å². The van der Waals surface area contributed by atoms with Crippen molar-refractivity contribution in [3.63, 3.8) is 0 Å². The van der Waals surface area contributed by atoms with E-state index in [4.69, 9.17) is 11.6 Å². The number of unbranched alkanes of at least 4 members (excludes halogenated alkanes) is 5. The number of hydrogen-bond donors (Lipinski definition) is 0. The summed E-state index contributed by atoms with van der Waals surface area (Å²) in [6.45, 7) is 2.24. The Morgan fingerprint density at radius 1 is 0.645 bits per heavy atom. The average Bonchev–Trinajstić information content (AvgIpc) is 2.81. The molecule has 0 aliphatic heterocycles. The van der Waals surface area contributed by atoms with Crippen molar-refractivity contribution in [1.82, 2.24) is 0 Å². The van der Waals surface area contributed by atoms with E-state index in [9.17, 15) is 0 Å². The first kappa shape index (κ1) is 23.6. The largest absolute Gasteiger partial charge is 0.0840 e. The highest BCUT2D eigenvalue weighted by atomic mass is 35.5. The highest BCUT2D eigenvalue weighted by Crippen LogP contribution is 2.30. The maximum atomic E-state index is 6.52. The van der Waals surface area contributed by atoms with E-state index in [1.54, 1.807) is 0 Å². The van der Waals surface area contributed by atoms with Crippen LogP contribution in [0.25, 0.3) is 0 Å². The van der Waals surface area contributed by atoms with Gasteiger partial charge in [-0.3, -0.25) is 0 Å². The van der Waals surface area contributed by atoms with Crippen molar-refractivity contribution in [3.05, 3.63) is 106 Å². The third-order valence-electron chi connectivity index (χ3n) is 6.28. The number of halogens is 1. The minimum atomic E-state index is 0.501. The lowest BCUT2D eigenvalue weighted by atomic mass is 9.87. The molecule has 0 fully saturated rings. The fraction of sp³-hybridized carbons (Fsp3) is 0.400. The van der Waals surface area contributed by atoms with E-state index in [0.717, 1.165) is 17.9 Å². The summed E-state index contributed by atoms with van der Waals surface area (Å²) >= 11 is 6.52. The molecule has 0 atom stereocenters. The molecular formula is C30H37Cl. The highest BCUT2D eigenvalue weighted by molar-refractivity contribution is 6.31. The molecule has 0 aliphatic rings. The number of rotatable bonds is 13. The lowest BCUT2D eigenvalue weighted by molar-refractivity contribution is 0.584. The van der Waals surface area contributed by atoms with Crippen LogP contribution in [0.4, 0.5) is 0 Å². The van der Waals surface area contributed by atoms with Crippen LogP contribution in [-0.4, -0.2) is 0 Å². The summed E-state index contributed by atoms with van der Waals surface area (Å²) in [5.41, 5.74) is 5.56. The zero-order valence-electron chi connectivity index (χ0n) is 19.0. The molecule has 0 unspecified atom stereocenters. The van der Waals surface area contributed by atoms with Gasteiger partial charge in [0.25, 0.3) is 0 Å². The molecule has 0 saturated heterocycles. The molecule has 0 aliphatic carbocycles. The summed E-state index contributed by atoms with van der Waals surface area (Å²) in [5, 5.41) is 0.960. The fourth-order valence-electron chi connectivity index (χ4n) is 4.44. The SMILES string of the molecule is CCCCCc1ccc(CCCCCCC(c2ccccc2)c2ccccc2)cc1Cl. The molecule has 0 saturated carbocycles. The van der Waals surface area contributed by atoms with Crippen LogP contribution in [0.15, 0.2) is 78.9 Å². The van der Waals surface area contributed by atoms with Crippen LogP contribution in [-0.2, 0) is 12.8 Å². The van der Waals surface area contributed by atoms with Crippen LogP contribution in [0.2, 0.25) is 5.02 Å². The van der Waals surface area contributed by atoms with E-state index >= 15 is 0 Å². The molecule has 31 heavy (non-hydrogen) atoms. The first-order valence-electron chi connectivity index (χ1n) is 12.1. The molecule has 0 aromatic heterocycles. The van der Waals surface area contributed by atoms with Gasteiger partial charge in [-0.1, -0.05) is 123 Å². The molecular weight excluding hydrogens is 396 g/mol. The fourth-order valence-corrected chi connectivity index (χ4v) is 4.74. The van der Waals surface area contributed by atoms with Crippen molar-refractivity contribution < 1.29 is 0 Å². The Kier molecular flexibility index (Phi) is 10.2. The second-order valence-corrected chi connectivity index (χ2v) is 9.12. The van der Waals surface area contributed by atoms with Gasteiger partial charge in [0.15, 0.2) is 0 Å². The van der Waals surface area contributed by atoms with E-state index in [1.165, 1.54) is 73.6 Å². The Balaban J connectivity index is 1.42. The molecule has 0 heterocycles. The summed E-state index contributed by atoms with van der Waals surface area (Å²) < 4.78 is 0. The predicted octanol–water partition coefficient (Wildman–Crippen LogP) is 9.40. The van der Waals surface area contributed by atoms with Gasteiger partial charge in [-0.05, 0) is 60.4 Å². The van der Waals surface area contributed by atoms with Gasteiger partial charge in [-0.15, -0.1) is 0 Å². The minimum Gasteiger partial charge on any atom is -0.0840 e. The summed E-state index contributed by atoms with van der Waals surface area (Å²) in [7, 11) is 0. The van der Waals surface area contributed by atoms with Crippen LogP contribution in [0.5, 0.6) is 0 Å². The van der Waals surface area contributed by atoms with Crippen LogP contribution in [0, 0.1) is 0 Å². The van der Waals surface area contributed by atoms with Gasteiger partial charge in [0, 0.05) is 10.9 Å². The van der Waals surface area contributed by atoms with Crippen LogP contribution < -0.4 is 0 Å². The third-order valence-corrected chi connectivity index (χ3v) is 6.63. The number of hydrogen-bond acceptors (Lipinski definition) is 0. The van der Waals surface area contributed by atoms with Crippen molar-refractivity contribution in [1.29, 1.82) is 0 Å². The molecule has 0 amide bonds. The van der Waals surface area contributed by atoms with Gasteiger partial charge < -0.3 is 0 Å².